The highest BCUT2D eigenvalue weighted by Gasteiger charge is 2.47. The van der Waals surface area contributed by atoms with Crippen LogP contribution in [-0.2, 0) is 11.8 Å². The predicted molar refractivity (Wildman–Crippen MR) is 90.9 cm³/mol. The third-order valence-corrected chi connectivity index (χ3v) is 5.88. The van der Waals surface area contributed by atoms with Crippen LogP contribution in [0.4, 0.5) is 10.1 Å². The lowest BCUT2D eigenvalue weighted by molar-refractivity contribution is 0.343. The number of para-hydroxylation sites is 1. The average molecular weight is 311 g/mol. The van der Waals surface area contributed by atoms with E-state index in [1.165, 1.54) is 16.7 Å². The van der Waals surface area contributed by atoms with Crippen LogP contribution in [0.15, 0.2) is 36.4 Å². The van der Waals surface area contributed by atoms with Crippen LogP contribution < -0.4 is 10.1 Å². The zero-order chi connectivity index (χ0) is 16.0. The largest absolute Gasteiger partial charge is 0.495 e. The van der Waals surface area contributed by atoms with Gasteiger partial charge in [0.05, 0.1) is 12.8 Å². The molecule has 1 aliphatic carbocycles. The number of ether oxygens (including phenoxy) is 1. The number of hydrogen-bond donors (Lipinski definition) is 1. The molecule has 3 heteroatoms. The second-order valence-corrected chi connectivity index (χ2v) is 6.67. The Morgan fingerprint density at radius 1 is 1.30 bits per heavy atom. The zero-order valence-electron chi connectivity index (χ0n) is 13.7. The van der Waals surface area contributed by atoms with Crippen molar-refractivity contribution < 1.29 is 9.13 Å². The molecule has 1 N–H and O–H groups in total. The zero-order valence-corrected chi connectivity index (χ0v) is 13.7. The summed E-state index contributed by atoms with van der Waals surface area (Å²) in [4.78, 5) is 0. The molecule has 2 aromatic carbocycles. The van der Waals surface area contributed by atoms with Gasteiger partial charge < -0.3 is 10.1 Å². The molecule has 2 aromatic rings. The molecule has 1 heterocycles. The highest BCUT2D eigenvalue weighted by Crippen LogP contribution is 2.55. The number of fused-ring (bicyclic) bond motifs is 2. The van der Waals surface area contributed by atoms with E-state index in [0.29, 0.717) is 5.92 Å². The lowest BCUT2D eigenvalue weighted by atomic mass is 9.67. The van der Waals surface area contributed by atoms with Crippen LogP contribution >= 0.6 is 0 Å². The first-order valence-electron chi connectivity index (χ1n) is 8.39. The van der Waals surface area contributed by atoms with Gasteiger partial charge in [0.1, 0.15) is 11.6 Å². The summed E-state index contributed by atoms with van der Waals surface area (Å²) in [6, 6.07) is 11.6. The monoisotopic (exact) mass is 311 g/mol. The smallest absolute Gasteiger partial charge is 0.142 e. The molecule has 23 heavy (non-hydrogen) atoms. The lowest BCUT2D eigenvalue weighted by Crippen LogP contribution is -2.32. The van der Waals surface area contributed by atoms with E-state index in [1.54, 1.807) is 19.2 Å². The van der Waals surface area contributed by atoms with Gasteiger partial charge in [-0.15, -0.1) is 0 Å². The number of rotatable bonds is 3. The topological polar surface area (TPSA) is 21.3 Å². The van der Waals surface area contributed by atoms with Crippen molar-refractivity contribution in [1.29, 1.82) is 0 Å². The van der Waals surface area contributed by atoms with Gasteiger partial charge in [-0.2, -0.15) is 0 Å². The van der Waals surface area contributed by atoms with E-state index in [4.69, 9.17) is 4.74 Å². The molecule has 1 aliphatic heterocycles. The van der Waals surface area contributed by atoms with E-state index in [-0.39, 0.29) is 11.2 Å². The summed E-state index contributed by atoms with van der Waals surface area (Å²) in [5.41, 5.74) is 5.08. The molecule has 0 fully saturated rings. The van der Waals surface area contributed by atoms with Crippen molar-refractivity contribution in [2.75, 3.05) is 19.0 Å². The van der Waals surface area contributed by atoms with E-state index in [2.05, 4.69) is 24.4 Å². The lowest BCUT2D eigenvalue weighted by Gasteiger charge is -2.36. The van der Waals surface area contributed by atoms with E-state index < -0.39 is 0 Å². The predicted octanol–water partition coefficient (Wildman–Crippen LogP) is 4.64. The summed E-state index contributed by atoms with van der Waals surface area (Å²) >= 11 is 0. The molecular formula is C20H22FNO. The average Bonchev–Trinajstić information content (AvgIpc) is 3.16. The first-order chi connectivity index (χ1) is 11.2. The Bertz CT molecular complexity index is 757. The molecule has 120 valence electrons. The van der Waals surface area contributed by atoms with Gasteiger partial charge in [-0.3, -0.25) is 0 Å². The number of hydrogen-bond acceptors (Lipinski definition) is 2. The fourth-order valence-corrected chi connectivity index (χ4v) is 4.73. The Morgan fingerprint density at radius 3 is 2.96 bits per heavy atom. The highest BCUT2D eigenvalue weighted by atomic mass is 19.1. The second-order valence-electron chi connectivity index (χ2n) is 6.67. The Morgan fingerprint density at radius 2 is 2.17 bits per heavy atom. The molecule has 0 spiro atoms. The third kappa shape index (κ3) is 1.99. The Balaban J connectivity index is 1.83. The van der Waals surface area contributed by atoms with Gasteiger partial charge in [0.25, 0.3) is 0 Å². The SMILES string of the molecule is CCC1(C2CNc3c(OC)cccc32)CCc2cc(F)ccc21. The summed E-state index contributed by atoms with van der Waals surface area (Å²) in [7, 11) is 1.72. The van der Waals surface area contributed by atoms with Crippen LogP contribution in [0.1, 0.15) is 42.4 Å². The van der Waals surface area contributed by atoms with Gasteiger partial charge >= 0.3 is 0 Å². The van der Waals surface area contributed by atoms with E-state index in [9.17, 15) is 4.39 Å². The molecule has 0 saturated heterocycles. The van der Waals surface area contributed by atoms with Crippen LogP contribution in [0.5, 0.6) is 5.75 Å². The van der Waals surface area contributed by atoms with Crippen molar-refractivity contribution in [1.82, 2.24) is 0 Å². The molecular weight excluding hydrogens is 289 g/mol. The molecule has 0 radical (unpaired) electrons. The second kappa shape index (κ2) is 5.26. The van der Waals surface area contributed by atoms with Crippen LogP contribution in [-0.4, -0.2) is 13.7 Å². The molecule has 0 bridgehead atoms. The first-order valence-corrected chi connectivity index (χ1v) is 8.39. The van der Waals surface area contributed by atoms with Gasteiger partial charge in [0.15, 0.2) is 0 Å². The highest BCUT2D eigenvalue weighted by molar-refractivity contribution is 5.68. The van der Waals surface area contributed by atoms with Crippen molar-refractivity contribution in [2.45, 2.75) is 37.5 Å². The molecule has 0 amide bonds. The molecule has 4 rings (SSSR count). The molecule has 2 nitrogen and oxygen atoms in total. The quantitative estimate of drug-likeness (QED) is 0.892. The van der Waals surface area contributed by atoms with E-state index >= 15 is 0 Å². The van der Waals surface area contributed by atoms with Gasteiger partial charge in [-0.25, -0.2) is 4.39 Å². The summed E-state index contributed by atoms with van der Waals surface area (Å²) < 4.78 is 19.1. The molecule has 0 aromatic heterocycles. The van der Waals surface area contributed by atoms with Crippen LogP contribution in [0.25, 0.3) is 0 Å². The molecule has 2 atom stereocenters. The van der Waals surface area contributed by atoms with E-state index in [0.717, 1.165) is 37.2 Å². The number of methoxy groups -OCH3 is 1. The normalized spacial score (nSPS) is 24.9. The standard InChI is InChI=1S/C20H22FNO/c1-3-20(10-9-13-11-14(21)7-8-16(13)20)17-12-22-19-15(17)5-4-6-18(19)23-2/h4-8,11,17,22H,3,9-10,12H2,1-2H3. The van der Waals surface area contributed by atoms with Crippen molar-refractivity contribution in [3.8, 4) is 5.75 Å². The Hall–Kier alpha value is -2.03. The Labute approximate surface area is 136 Å². The molecule has 2 aliphatic rings. The van der Waals surface area contributed by atoms with Crippen molar-refractivity contribution in [2.24, 2.45) is 0 Å². The van der Waals surface area contributed by atoms with Crippen molar-refractivity contribution >= 4 is 5.69 Å². The summed E-state index contributed by atoms with van der Waals surface area (Å²) in [6.07, 6.45) is 3.12. The number of benzene rings is 2. The minimum Gasteiger partial charge on any atom is -0.495 e. The van der Waals surface area contributed by atoms with Crippen LogP contribution in [0.3, 0.4) is 0 Å². The minimum atomic E-state index is -0.123. The minimum absolute atomic E-state index is 0.0909. The Kier molecular flexibility index (Phi) is 3.33. The number of aryl methyl sites for hydroxylation is 1. The fourth-order valence-electron chi connectivity index (χ4n) is 4.73. The van der Waals surface area contributed by atoms with Crippen LogP contribution in [0, 0.1) is 5.82 Å². The van der Waals surface area contributed by atoms with Gasteiger partial charge in [-0.05, 0) is 54.2 Å². The van der Waals surface area contributed by atoms with Gasteiger partial charge in [-0.1, -0.05) is 25.1 Å². The third-order valence-electron chi connectivity index (χ3n) is 5.88. The maximum Gasteiger partial charge on any atom is 0.142 e. The maximum atomic E-state index is 13.6. The van der Waals surface area contributed by atoms with Crippen molar-refractivity contribution in [3.05, 3.63) is 58.9 Å². The number of nitrogens with one attached hydrogen (secondary N) is 1. The summed E-state index contributed by atoms with van der Waals surface area (Å²) in [5, 5.41) is 3.55. The first kappa shape index (κ1) is 14.6. The van der Waals surface area contributed by atoms with E-state index in [1.807, 2.05) is 12.1 Å². The number of halogens is 1. The van der Waals surface area contributed by atoms with Crippen LogP contribution in [0.2, 0.25) is 0 Å². The maximum absolute atomic E-state index is 13.6. The number of anilines is 1. The van der Waals surface area contributed by atoms with Gasteiger partial charge in [0.2, 0.25) is 0 Å². The van der Waals surface area contributed by atoms with Gasteiger partial charge in [0, 0.05) is 17.9 Å². The molecule has 0 saturated carbocycles. The fraction of sp³-hybridized carbons (Fsp3) is 0.400. The molecule has 2 unspecified atom stereocenters. The summed E-state index contributed by atoms with van der Waals surface area (Å²) in [5.74, 6) is 1.19. The van der Waals surface area contributed by atoms with Crippen molar-refractivity contribution in [3.63, 3.8) is 0 Å². The summed E-state index contributed by atoms with van der Waals surface area (Å²) in [6.45, 7) is 3.18.